The van der Waals surface area contributed by atoms with E-state index in [2.05, 4.69) is 15.9 Å². The highest BCUT2D eigenvalue weighted by Crippen LogP contribution is 2.19. The fourth-order valence-corrected chi connectivity index (χ4v) is 1.66. The summed E-state index contributed by atoms with van der Waals surface area (Å²) >= 11 is 9.05. The summed E-state index contributed by atoms with van der Waals surface area (Å²) in [5.41, 5.74) is 0. The third-order valence-electron chi connectivity index (χ3n) is 1.70. The van der Waals surface area contributed by atoms with Crippen LogP contribution >= 0.6 is 27.5 Å². The molecule has 1 rings (SSSR count). The zero-order chi connectivity index (χ0) is 10.4. The van der Waals surface area contributed by atoms with E-state index >= 15 is 0 Å². The van der Waals surface area contributed by atoms with Crippen LogP contribution in [0.5, 0.6) is 5.75 Å². The smallest absolute Gasteiger partial charge is 0.121 e. The fourth-order valence-electron chi connectivity index (χ4n) is 1.02. The molecule has 0 saturated carbocycles. The Kier molecular flexibility index (Phi) is 5.26. The molecular formula is C10H11BrClFO. The summed E-state index contributed by atoms with van der Waals surface area (Å²) in [4.78, 5) is 0. The maximum atomic E-state index is 12.1. The quantitative estimate of drug-likeness (QED) is 0.745. The first kappa shape index (κ1) is 11.8. The second kappa shape index (κ2) is 6.25. The van der Waals surface area contributed by atoms with Gasteiger partial charge in [0, 0.05) is 16.8 Å². The van der Waals surface area contributed by atoms with E-state index in [-0.39, 0.29) is 12.8 Å². The van der Waals surface area contributed by atoms with E-state index in [1.54, 1.807) is 24.3 Å². The van der Waals surface area contributed by atoms with Gasteiger partial charge < -0.3 is 4.74 Å². The van der Waals surface area contributed by atoms with Gasteiger partial charge in [-0.2, -0.15) is 0 Å². The molecule has 0 aliphatic carbocycles. The SMILES string of the molecule is FCC[C@H](CBr)Oc1cccc(Cl)c1. The van der Waals surface area contributed by atoms with E-state index in [1.807, 2.05) is 0 Å². The molecule has 0 radical (unpaired) electrons. The number of hydrogen-bond donors (Lipinski definition) is 0. The summed E-state index contributed by atoms with van der Waals surface area (Å²) in [6.45, 7) is -0.378. The molecule has 0 aliphatic heterocycles. The van der Waals surface area contributed by atoms with Gasteiger partial charge in [-0.1, -0.05) is 33.6 Å². The second-order valence-electron chi connectivity index (χ2n) is 2.83. The van der Waals surface area contributed by atoms with Crippen LogP contribution in [0.25, 0.3) is 0 Å². The van der Waals surface area contributed by atoms with Gasteiger partial charge in [-0.3, -0.25) is 4.39 Å². The summed E-state index contributed by atoms with van der Waals surface area (Å²) in [7, 11) is 0. The minimum Gasteiger partial charge on any atom is -0.489 e. The molecule has 0 bridgehead atoms. The molecule has 0 heterocycles. The van der Waals surface area contributed by atoms with Crippen LogP contribution in [0.15, 0.2) is 24.3 Å². The first-order valence-corrected chi connectivity index (χ1v) is 5.80. The van der Waals surface area contributed by atoms with Crippen molar-refractivity contribution in [3.8, 4) is 5.75 Å². The van der Waals surface area contributed by atoms with Crippen molar-refractivity contribution in [2.24, 2.45) is 0 Å². The Balaban J connectivity index is 2.57. The van der Waals surface area contributed by atoms with Crippen LogP contribution in [-0.2, 0) is 0 Å². The summed E-state index contributed by atoms with van der Waals surface area (Å²) < 4.78 is 17.6. The minimum atomic E-state index is -0.378. The third kappa shape index (κ3) is 3.84. The van der Waals surface area contributed by atoms with Crippen LogP contribution in [0.3, 0.4) is 0 Å². The number of halogens is 3. The van der Waals surface area contributed by atoms with E-state index in [0.717, 1.165) is 0 Å². The van der Waals surface area contributed by atoms with Gasteiger partial charge in [-0.25, -0.2) is 0 Å². The van der Waals surface area contributed by atoms with Crippen LogP contribution in [0.2, 0.25) is 5.02 Å². The Morgan fingerprint density at radius 1 is 1.50 bits per heavy atom. The van der Waals surface area contributed by atoms with Gasteiger partial charge in [0.2, 0.25) is 0 Å². The Hall–Kier alpha value is -0.280. The van der Waals surface area contributed by atoms with Gasteiger partial charge >= 0.3 is 0 Å². The second-order valence-corrected chi connectivity index (χ2v) is 3.91. The monoisotopic (exact) mass is 280 g/mol. The van der Waals surface area contributed by atoms with Crippen molar-refractivity contribution in [3.05, 3.63) is 29.3 Å². The molecule has 0 unspecified atom stereocenters. The lowest BCUT2D eigenvalue weighted by Crippen LogP contribution is -2.18. The van der Waals surface area contributed by atoms with Crippen molar-refractivity contribution in [3.63, 3.8) is 0 Å². The van der Waals surface area contributed by atoms with Crippen molar-refractivity contribution in [2.45, 2.75) is 12.5 Å². The first-order valence-electron chi connectivity index (χ1n) is 4.30. The van der Waals surface area contributed by atoms with E-state index in [4.69, 9.17) is 16.3 Å². The molecule has 1 nitrogen and oxygen atoms in total. The largest absolute Gasteiger partial charge is 0.489 e. The van der Waals surface area contributed by atoms with Gasteiger partial charge in [0.25, 0.3) is 0 Å². The van der Waals surface area contributed by atoms with Crippen LogP contribution in [0, 0.1) is 0 Å². The van der Waals surface area contributed by atoms with Crippen LogP contribution in [-0.4, -0.2) is 18.1 Å². The first-order chi connectivity index (χ1) is 6.76. The van der Waals surface area contributed by atoms with E-state index < -0.39 is 0 Å². The van der Waals surface area contributed by atoms with Crippen molar-refractivity contribution in [2.75, 3.05) is 12.0 Å². The predicted octanol–water partition coefficient (Wildman–Crippen LogP) is 3.84. The zero-order valence-corrected chi connectivity index (χ0v) is 9.89. The lowest BCUT2D eigenvalue weighted by molar-refractivity contribution is 0.203. The van der Waals surface area contributed by atoms with Crippen molar-refractivity contribution >= 4 is 27.5 Å². The molecule has 78 valence electrons. The highest BCUT2D eigenvalue weighted by Gasteiger charge is 2.08. The zero-order valence-electron chi connectivity index (χ0n) is 7.55. The Bertz CT molecular complexity index is 283. The molecule has 0 aromatic heterocycles. The third-order valence-corrected chi connectivity index (χ3v) is 2.66. The van der Waals surface area contributed by atoms with Crippen LogP contribution < -0.4 is 4.74 Å². The van der Waals surface area contributed by atoms with Gasteiger partial charge in [-0.15, -0.1) is 0 Å². The predicted molar refractivity (Wildman–Crippen MR) is 60.3 cm³/mol. The molecule has 0 aliphatic rings. The molecule has 0 fully saturated rings. The molecule has 0 amide bonds. The van der Waals surface area contributed by atoms with Gasteiger partial charge in [0.1, 0.15) is 11.9 Å². The molecule has 1 aromatic rings. The van der Waals surface area contributed by atoms with Crippen molar-refractivity contribution in [1.29, 1.82) is 0 Å². The lowest BCUT2D eigenvalue weighted by Gasteiger charge is -2.15. The fraction of sp³-hybridized carbons (Fsp3) is 0.400. The minimum absolute atomic E-state index is 0.140. The van der Waals surface area contributed by atoms with Crippen LogP contribution in [0.1, 0.15) is 6.42 Å². The Morgan fingerprint density at radius 2 is 2.29 bits per heavy atom. The highest BCUT2D eigenvalue weighted by atomic mass is 79.9. The van der Waals surface area contributed by atoms with Gasteiger partial charge in [-0.05, 0) is 18.2 Å². The maximum absolute atomic E-state index is 12.1. The van der Waals surface area contributed by atoms with E-state index in [0.29, 0.717) is 22.5 Å². The average molecular weight is 282 g/mol. The Labute approximate surface area is 96.3 Å². The average Bonchev–Trinajstić information content (AvgIpc) is 2.17. The molecule has 0 spiro atoms. The molecular weight excluding hydrogens is 270 g/mol. The van der Waals surface area contributed by atoms with E-state index in [9.17, 15) is 4.39 Å². The summed E-state index contributed by atoms with van der Waals surface area (Å²) in [6, 6.07) is 7.10. The van der Waals surface area contributed by atoms with Crippen molar-refractivity contribution < 1.29 is 9.13 Å². The Morgan fingerprint density at radius 3 is 2.86 bits per heavy atom. The lowest BCUT2D eigenvalue weighted by atomic mass is 10.3. The number of alkyl halides is 2. The van der Waals surface area contributed by atoms with Gasteiger partial charge in [0.15, 0.2) is 0 Å². The van der Waals surface area contributed by atoms with Gasteiger partial charge in [0.05, 0.1) is 6.67 Å². The highest BCUT2D eigenvalue weighted by molar-refractivity contribution is 9.09. The summed E-state index contributed by atoms with van der Waals surface area (Å²) in [5, 5.41) is 1.24. The molecule has 0 N–H and O–H groups in total. The number of rotatable bonds is 5. The topological polar surface area (TPSA) is 9.23 Å². The summed E-state index contributed by atoms with van der Waals surface area (Å²) in [6.07, 6.45) is 0.246. The number of benzene rings is 1. The number of ether oxygens (including phenoxy) is 1. The molecule has 1 atom stereocenters. The normalized spacial score (nSPS) is 12.5. The van der Waals surface area contributed by atoms with E-state index in [1.165, 1.54) is 0 Å². The summed E-state index contributed by atoms with van der Waals surface area (Å²) in [5.74, 6) is 0.676. The molecule has 1 aromatic carbocycles. The molecule has 14 heavy (non-hydrogen) atoms. The molecule has 4 heteroatoms. The standard InChI is InChI=1S/C10H11BrClFO/c11-7-10(4-5-13)14-9-3-1-2-8(12)6-9/h1-3,6,10H,4-5,7H2/t10-/m1/s1. The van der Waals surface area contributed by atoms with Crippen LogP contribution in [0.4, 0.5) is 4.39 Å². The molecule has 0 saturated heterocycles. The van der Waals surface area contributed by atoms with Crippen molar-refractivity contribution in [1.82, 2.24) is 0 Å². The number of hydrogen-bond acceptors (Lipinski definition) is 1. The maximum Gasteiger partial charge on any atom is 0.121 e.